The summed E-state index contributed by atoms with van der Waals surface area (Å²) in [5.41, 5.74) is -0.390. The number of carbonyl (C=O) groups is 3. The maximum Gasteiger partial charge on any atom is 0.341 e. The van der Waals surface area contributed by atoms with Crippen LogP contribution in [0.5, 0.6) is 17.2 Å². The van der Waals surface area contributed by atoms with E-state index in [1.807, 2.05) is 0 Å². The third kappa shape index (κ3) is 2.32. The first-order valence-corrected chi connectivity index (χ1v) is 7.83. The fourth-order valence-corrected chi connectivity index (χ4v) is 3.15. The average Bonchev–Trinajstić information content (AvgIpc) is 2.63. The van der Waals surface area contributed by atoms with Gasteiger partial charge in [0.15, 0.2) is 5.78 Å². The van der Waals surface area contributed by atoms with Crippen LogP contribution in [-0.2, 0) is 11.2 Å². The summed E-state index contributed by atoms with van der Waals surface area (Å²) in [4.78, 5) is 37.8. The molecule has 0 atom stereocenters. The molecule has 2 N–H and O–H groups in total. The van der Waals surface area contributed by atoms with Gasteiger partial charge in [0.2, 0.25) is 5.78 Å². The van der Waals surface area contributed by atoms with Crippen molar-refractivity contribution in [3.63, 3.8) is 0 Å². The standard InChI is InChI=1S/C19H16O7/c1-4-8-5-10-15(17(22)13(8)19(24)26-3)18(23)14-11(16(10)21)6-9(25-2)7-12(14)20/h5-7,20,22H,4H2,1-3H3. The van der Waals surface area contributed by atoms with Crippen LogP contribution in [0.25, 0.3) is 0 Å². The number of ether oxygens (including phenoxy) is 2. The number of phenols is 2. The Morgan fingerprint density at radius 2 is 1.65 bits per heavy atom. The van der Waals surface area contributed by atoms with Crippen molar-refractivity contribution in [1.29, 1.82) is 0 Å². The van der Waals surface area contributed by atoms with Crippen molar-refractivity contribution in [2.24, 2.45) is 0 Å². The van der Waals surface area contributed by atoms with Gasteiger partial charge in [-0.05, 0) is 24.1 Å². The molecule has 0 radical (unpaired) electrons. The van der Waals surface area contributed by atoms with Crippen LogP contribution in [0.1, 0.15) is 54.7 Å². The number of benzene rings is 2. The molecule has 0 saturated heterocycles. The Morgan fingerprint density at radius 1 is 1.00 bits per heavy atom. The molecular formula is C19H16O7. The maximum atomic E-state index is 12.9. The number of hydrogen-bond donors (Lipinski definition) is 2. The van der Waals surface area contributed by atoms with Gasteiger partial charge in [-0.3, -0.25) is 9.59 Å². The molecule has 1 aliphatic carbocycles. The normalized spacial score (nSPS) is 12.4. The number of methoxy groups -OCH3 is 2. The predicted molar refractivity (Wildman–Crippen MR) is 90.3 cm³/mol. The fraction of sp³-hybridized carbons (Fsp3) is 0.211. The van der Waals surface area contributed by atoms with Crippen LogP contribution in [0.15, 0.2) is 18.2 Å². The Labute approximate surface area is 148 Å². The molecule has 0 unspecified atom stereocenters. The van der Waals surface area contributed by atoms with Crippen LogP contribution in [0.3, 0.4) is 0 Å². The Bertz CT molecular complexity index is 973. The van der Waals surface area contributed by atoms with Gasteiger partial charge in [0.05, 0.1) is 25.3 Å². The van der Waals surface area contributed by atoms with Crippen LogP contribution in [0.2, 0.25) is 0 Å². The number of aryl methyl sites for hydroxylation is 1. The highest BCUT2D eigenvalue weighted by atomic mass is 16.5. The number of hydrogen-bond acceptors (Lipinski definition) is 7. The van der Waals surface area contributed by atoms with E-state index in [0.29, 0.717) is 12.0 Å². The lowest BCUT2D eigenvalue weighted by atomic mass is 9.80. The second-order valence-corrected chi connectivity index (χ2v) is 5.75. The largest absolute Gasteiger partial charge is 0.507 e. The molecule has 0 fully saturated rings. The zero-order chi connectivity index (χ0) is 19.2. The highest BCUT2D eigenvalue weighted by molar-refractivity contribution is 6.31. The molecule has 0 bridgehead atoms. The van der Waals surface area contributed by atoms with Gasteiger partial charge in [-0.2, -0.15) is 0 Å². The van der Waals surface area contributed by atoms with Gasteiger partial charge in [-0.15, -0.1) is 0 Å². The van der Waals surface area contributed by atoms with Crippen molar-refractivity contribution < 1.29 is 34.1 Å². The van der Waals surface area contributed by atoms with Crippen molar-refractivity contribution in [2.45, 2.75) is 13.3 Å². The second kappa shape index (κ2) is 6.18. The lowest BCUT2D eigenvalue weighted by Crippen LogP contribution is -2.23. The number of carbonyl (C=O) groups excluding carboxylic acids is 3. The minimum absolute atomic E-state index is 0.0216. The summed E-state index contributed by atoms with van der Waals surface area (Å²) < 4.78 is 9.71. The van der Waals surface area contributed by atoms with E-state index in [4.69, 9.17) is 4.74 Å². The van der Waals surface area contributed by atoms with Gasteiger partial charge < -0.3 is 19.7 Å². The van der Waals surface area contributed by atoms with Crippen LogP contribution >= 0.6 is 0 Å². The number of fused-ring (bicyclic) bond motifs is 2. The molecule has 7 heteroatoms. The minimum Gasteiger partial charge on any atom is -0.507 e. The summed E-state index contributed by atoms with van der Waals surface area (Å²) in [6.45, 7) is 1.74. The van der Waals surface area contributed by atoms with Crippen LogP contribution in [-0.4, -0.2) is 42.0 Å². The molecule has 0 aromatic heterocycles. The van der Waals surface area contributed by atoms with Crippen LogP contribution < -0.4 is 4.74 Å². The Morgan fingerprint density at radius 3 is 2.23 bits per heavy atom. The van der Waals surface area contributed by atoms with E-state index in [1.165, 1.54) is 25.3 Å². The topological polar surface area (TPSA) is 110 Å². The molecule has 0 saturated carbocycles. The number of phenolic OH excluding ortho intramolecular Hbond substituents is 2. The molecule has 0 heterocycles. The lowest BCUT2D eigenvalue weighted by Gasteiger charge is -2.22. The molecule has 0 spiro atoms. The first-order valence-electron chi connectivity index (χ1n) is 7.83. The Kier molecular flexibility index (Phi) is 4.15. The average molecular weight is 356 g/mol. The molecule has 2 aromatic carbocycles. The van der Waals surface area contributed by atoms with Crippen molar-refractivity contribution in [3.8, 4) is 17.2 Å². The van der Waals surface area contributed by atoms with Gasteiger partial charge in [0.1, 0.15) is 22.8 Å². The molecule has 7 nitrogen and oxygen atoms in total. The van der Waals surface area contributed by atoms with Crippen molar-refractivity contribution in [3.05, 3.63) is 51.6 Å². The highest BCUT2D eigenvalue weighted by Crippen LogP contribution is 2.41. The van der Waals surface area contributed by atoms with E-state index in [9.17, 15) is 24.6 Å². The summed E-state index contributed by atoms with van der Waals surface area (Å²) in [6, 6.07) is 3.96. The van der Waals surface area contributed by atoms with E-state index in [0.717, 1.165) is 7.11 Å². The quantitative estimate of drug-likeness (QED) is 0.692. The zero-order valence-corrected chi connectivity index (χ0v) is 14.4. The van der Waals surface area contributed by atoms with Gasteiger partial charge >= 0.3 is 5.97 Å². The van der Waals surface area contributed by atoms with Crippen LogP contribution in [0, 0.1) is 0 Å². The van der Waals surface area contributed by atoms with E-state index in [1.54, 1.807) is 6.92 Å². The first-order chi connectivity index (χ1) is 12.3. The zero-order valence-electron chi connectivity index (χ0n) is 14.4. The molecule has 0 amide bonds. The second-order valence-electron chi connectivity index (χ2n) is 5.75. The number of ketones is 2. The smallest absolute Gasteiger partial charge is 0.341 e. The first kappa shape index (κ1) is 17.5. The van der Waals surface area contributed by atoms with E-state index < -0.39 is 29.0 Å². The Hall–Kier alpha value is -3.35. The number of aromatic hydroxyl groups is 2. The van der Waals surface area contributed by atoms with Crippen molar-refractivity contribution in [2.75, 3.05) is 14.2 Å². The van der Waals surface area contributed by atoms with Gasteiger partial charge in [-0.25, -0.2) is 4.79 Å². The molecular weight excluding hydrogens is 340 g/mol. The minimum atomic E-state index is -0.813. The summed E-state index contributed by atoms with van der Waals surface area (Å²) in [5, 5.41) is 20.7. The van der Waals surface area contributed by atoms with E-state index in [2.05, 4.69) is 4.74 Å². The van der Waals surface area contributed by atoms with Gasteiger partial charge in [0.25, 0.3) is 0 Å². The molecule has 2 aromatic rings. The summed E-state index contributed by atoms with van der Waals surface area (Å²) >= 11 is 0. The predicted octanol–water partition coefficient (Wildman–Crippen LogP) is 2.23. The third-order valence-corrected chi connectivity index (χ3v) is 4.42. The van der Waals surface area contributed by atoms with E-state index in [-0.39, 0.29) is 33.6 Å². The van der Waals surface area contributed by atoms with Crippen molar-refractivity contribution in [1.82, 2.24) is 0 Å². The Balaban J connectivity index is 2.36. The fourth-order valence-electron chi connectivity index (χ4n) is 3.15. The van der Waals surface area contributed by atoms with Crippen LogP contribution in [0.4, 0.5) is 0 Å². The van der Waals surface area contributed by atoms with Gasteiger partial charge in [-0.1, -0.05) is 6.92 Å². The van der Waals surface area contributed by atoms with Gasteiger partial charge in [0, 0.05) is 17.2 Å². The van der Waals surface area contributed by atoms with E-state index >= 15 is 0 Å². The molecule has 134 valence electrons. The lowest BCUT2D eigenvalue weighted by molar-refractivity contribution is 0.0595. The monoisotopic (exact) mass is 356 g/mol. The molecule has 26 heavy (non-hydrogen) atoms. The summed E-state index contributed by atoms with van der Waals surface area (Å²) in [6.07, 6.45) is 0.336. The summed E-state index contributed by atoms with van der Waals surface area (Å²) in [7, 11) is 2.52. The summed E-state index contributed by atoms with van der Waals surface area (Å²) in [5.74, 6) is -2.96. The third-order valence-electron chi connectivity index (χ3n) is 4.42. The molecule has 3 rings (SSSR count). The number of rotatable bonds is 3. The number of esters is 1. The molecule has 0 aliphatic heterocycles. The van der Waals surface area contributed by atoms with Crippen molar-refractivity contribution >= 4 is 17.5 Å². The molecule has 1 aliphatic rings. The SMILES string of the molecule is CCc1cc2c(c(O)c1C(=O)OC)C(=O)c1c(O)cc(OC)cc1C2=O. The highest BCUT2D eigenvalue weighted by Gasteiger charge is 2.37. The maximum absolute atomic E-state index is 12.9.